The first-order valence-electron chi connectivity index (χ1n) is 2.92. The van der Waals surface area contributed by atoms with Crippen LogP contribution in [0.3, 0.4) is 0 Å². The SMILES string of the molecule is C/C(=C/CO)COP(=O)(O)O. The molecule has 0 atom stereocenters. The van der Waals surface area contributed by atoms with Gasteiger partial charge in [0.15, 0.2) is 0 Å². The molecule has 0 aromatic carbocycles. The summed E-state index contributed by atoms with van der Waals surface area (Å²) in [6.45, 7) is 1.28. The van der Waals surface area contributed by atoms with Crippen LogP contribution in [-0.4, -0.2) is 28.1 Å². The van der Waals surface area contributed by atoms with Gasteiger partial charge in [-0.05, 0) is 12.5 Å². The summed E-state index contributed by atoms with van der Waals surface area (Å²) in [5.74, 6) is 0. The van der Waals surface area contributed by atoms with Crippen molar-refractivity contribution in [3.63, 3.8) is 0 Å². The van der Waals surface area contributed by atoms with Gasteiger partial charge in [0.05, 0.1) is 13.2 Å². The molecule has 0 fully saturated rings. The number of rotatable bonds is 4. The third-order valence-corrected chi connectivity index (χ3v) is 1.37. The summed E-state index contributed by atoms with van der Waals surface area (Å²) in [4.78, 5) is 16.5. The van der Waals surface area contributed by atoms with Gasteiger partial charge in [0.1, 0.15) is 0 Å². The summed E-state index contributed by atoms with van der Waals surface area (Å²) in [6.07, 6.45) is 1.41. The van der Waals surface area contributed by atoms with E-state index in [4.69, 9.17) is 14.9 Å². The average molecular weight is 182 g/mol. The molecule has 0 heterocycles. The molecule has 0 amide bonds. The molecule has 0 aromatic rings. The molecule has 0 spiro atoms. The number of phosphoric acid groups is 1. The Morgan fingerprint density at radius 1 is 1.64 bits per heavy atom. The van der Waals surface area contributed by atoms with Crippen LogP contribution in [-0.2, 0) is 9.09 Å². The van der Waals surface area contributed by atoms with Gasteiger partial charge >= 0.3 is 7.82 Å². The van der Waals surface area contributed by atoms with Crippen molar-refractivity contribution in [1.29, 1.82) is 0 Å². The third-order valence-electron chi connectivity index (χ3n) is 0.900. The third kappa shape index (κ3) is 7.71. The highest BCUT2D eigenvalue weighted by Crippen LogP contribution is 2.35. The molecule has 0 radical (unpaired) electrons. The molecule has 0 aliphatic carbocycles. The summed E-state index contributed by atoms with van der Waals surface area (Å²) in [5.41, 5.74) is 0.579. The van der Waals surface area contributed by atoms with Crippen molar-refractivity contribution in [2.75, 3.05) is 13.2 Å². The van der Waals surface area contributed by atoms with E-state index in [1.54, 1.807) is 6.92 Å². The summed E-state index contributed by atoms with van der Waals surface area (Å²) in [7, 11) is -4.37. The predicted molar refractivity (Wildman–Crippen MR) is 38.8 cm³/mol. The second-order valence-corrected chi connectivity index (χ2v) is 3.24. The minimum absolute atomic E-state index is 0.156. The highest BCUT2D eigenvalue weighted by Gasteiger charge is 2.12. The summed E-state index contributed by atoms with van der Waals surface area (Å²) in [5, 5.41) is 8.34. The average Bonchev–Trinajstić information content (AvgIpc) is 1.83. The van der Waals surface area contributed by atoms with E-state index in [-0.39, 0.29) is 13.2 Å². The normalized spacial score (nSPS) is 13.6. The van der Waals surface area contributed by atoms with E-state index in [9.17, 15) is 4.57 Å². The van der Waals surface area contributed by atoms with Crippen molar-refractivity contribution < 1.29 is 24.0 Å². The minimum atomic E-state index is -4.37. The Morgan fingerprint density at radius 2 is 2.18 bits per heavy atom. The predicted octanol–water partition coefficient (Wildman–Crippen LogP) is 0.0343. The van der Waals surface area contributed by atoms with E-state index >= 15 is 0 Å². The van der Waals surface area contributed by atoms with E-state index in [1.807, 2.05) is 0 Å². The van der Waals surface area contributed by atoms with Gasteiger partial charge in [-0.2, -0.15) is 0 Å². The molecule has 5 nitrogen and oxygen atoms in total. The summed E-state index contributed by atoms with van der Waals surface area (Å²) < 4.78 is 14.3. The first-order valence-corrected chi connectivity index (χ1v) is 4.45. The lowest BCUT2D eigenvalue weighted by atomic mass is 10.3. The first kappa shape index (κ1) is 10.8. The number of aliphatic hydroxyl groups is 1. The van der Waals surface area contributed by atoms with Gasteiger partial charge in [0.2, 0.25) is 0 Å². The molecule has 0 aliphatic heterocycles. The van der Waals surface area contributed by atoms with E-state index < -0.39 is 7.82 Å². The van der Waals surface area contributed by atoms with E-state index in [1.165, 1.54) is 6.08 Å². The molecule has 0 rings (SSSR count). The number of phosphoric ester groups is 1. The Balaban J connectivity index is 3.72. The van der Waals surface area contributed by atoms with Crippen LogP contribution in [0.25, 0.3) is 0 Å². The standard InChI is InChI=1S/C5H11O5P/c1-5(2-3-6)4-10-11(7,8)9/h2,6H,3-4H2,1H3,(H2,7,8,9)/b5-2-. The van der Waals surface area contributed by atoms with Gasteiger partial charge in [0, 0.05) is 0 Å². The smallest absolute Gasteiger partial charge is 0.392 e. The Bertz CT molecular complexity index is 181. The molecule has 6 heteroatoms. The Kier molecular flexibility index (Phi) is 4.56. The minimum Gasteiger partial charge on any atom is -0.392 e. The molecule has 0 saturated heterocycles. The van der Waals surface area contributed by atoms with Crippen LogP contribution in [0, 0.1) is 0 Å². The van der Waals surface area contributed by atoms with Crippen molar-refractivity contribution in [2.24, 2.45) is 0 Å². The number of hydrogen-bond donors (Lipinski definition) is 3. The molecule has 66 valence electrons. The van der Waals surface area contributed by atoms with Crippen LogP contribution in [0.2, 0.25) is 0 Å². The fourth-order valence-electron chi connectivity index (χ4n) is 0.401. The highest BCUT2D eigenvalue weighted by molar-refractivity contribution is 7.46. The maximum Gasteiger partial charge on any atom is 0.469 e. The van der Waals surface area contributed by atoms with Gasteiger partial charge < -0.3 is 14.9 Å². The largest absolute Gasteiger partial charge is 0.469 e. The number of hydrogen-bond acceptors (Lipinski definition) is 3. The van der Waals surface area contributed by atoms with Crippen LogP contribution in [0.5, 0.6) is 0 Å². The van der Waals surface area contributed by atoms with Gasteiger partial charge in [-0.15, -0.1) is 0 Å². The Morgan fingerprint density at radius 3 is 2.55 bits per heavy atom. The van der Waals surface area contributed by atoms with E-state index in [2.05, 4.69) is 4.52 Å². The fourth-order valence-corrected chi connectivity index (χ4v) is 0.772. The van der Waals surface area contributed by atoms with Crippen molar-refractivity contribution in [2.45, 2.75) is 6.92 Å². The molecule has 0 saturated carbocycles. The molecule has 0 bridgehead atoms. The van der Waals surface area contributed by atoms with Crippen LogP contribution in [0.4, 0.5) is 0 Å². The zero-order chi connectivity index (χ0) is 8.91. The molecular formula is C5H11O5P. The van der Waals surface area contributed by atoms with Crippen LogP contribution in [0.15, 0.2) is 11.6 Å². The fraction of sp³-hybridized carbons (Fsp3) is 0.600. The maximum atomic E-state index is 10.1. The van der Waals surface area contributed by atoms with Crippen molar-refractivity contribution in [3.8, 4) is 0 Å². The second kappa shape index (κ2) is 4.64. The van der Waals surface area contributed by atoms with Gasteiger partial charge in [-0.25, -0.2) is 4.57 Å². The lowest BCUT2D eigenvalue weighted by Gasteiger charge is -2.04. The second-order valence-electron chi connectivity index (χ2n) is 2.00. The molecule has 0 unspecified atom stereocenters. The lowest BCUT2D eigenvalue weighted by Crippen LogP contribution is -1.94. The first-order chi connectivity index (χ1) is 4.95. The van der Waals surface area contributed by atoms with Crippen molar-refractivity contribution in [1.82, 2.24) is 0 Å². The van der Waals surface area contributed by atoms with Crippen LogP contribution < -0.4 is 0 Å². The van der Waals surface area contributed by atoms with E-state index in [0.717, 1.165) is 0 Å². The zero-order valence-electron chi connectivity index (χ0n) is 6.10. The molecular weight excluding hydrogens is 171 g/mol. The zero-order valence-corrected chi connectivity index (χ0v) is 6.99. The highest BCUT2D eigenvalue weighted by atomic mass is 31.2. The van der Waals surface area contributed by atoms with Crippen LogP contribution in [0.1, 0.15) is 6.92 Å². The summed E-state index contributed by atoms with van der Waals surface area (Å²) >= 11 is 0. The Hall–Kier alpha value is -0.190. The molecule has 0 aliphatic rings. The quantitative estimate of drug-likeness (QED) is 0.422. The van der Waals surface area contributed by atoms with Crippen molar-refractivity contribution in [3.05, 3.63) is 11.6 Å². The number of aliphatic hydroxyl groups excluding tert-OH is 1. The maximum absolute atomic E-state index is 10.1. The topological polar surface area (TPSA) is 87.0 Å². The monoisotopic (exact) mass is 182 g/mol. The van der Waals surface area contributed by atoms with Crippen LogP contribution >= 0.6 is 7.82 Å². The molecule has 3 N–H and O–H groups in total. The van der Waals surface area contributed by atoms with Gasteiger partial charge in [-0.3, -0.25) is 4.52 Å². The van der Waals surface area contributed by atoms with E-state index in [0.29, 0.717) is 5.57 Å². The summed E-state index contributed by atoms with van der Waals surface area (Å²) in [6, 6.07) is 0. The lowest BCUT2D eigenvalue weighted by molar-refractivity contribution is 0.211. The van der Waals surface area contributed by atoms with Crippen molar-refractivity contribution >= 4 is 7.82 Å². The van der Waals surface area contributed by atoms with Gasteiger partial charge in [0.25, 0.3) is 0 Å². The van der Waals surface area contributed by atoms with Gasteiger partial charge in [-0.1, -0.05) is 6.08 Å². The molecule has 11 heavy (non-hydrogen) atoms. The Labute approximate surface area is 64.6 Å². The molecule has 0 aromatic heterocycles.